The number of thioether (sulfide) groups is 1. The number of rotatable bonds is 6. The van der Waals surface area contributed by atoms with Crippen molar-refractivity contribution in [2.75, 3.05) is 5.75 Å². The lowest BCUT2D eigenvalue weighted by molar-refractivity contribution is -0.113. The molecule has 4 nitrogen and oxygen atoms in total. The zero-order valence-electron chi connectivity index (χ0n) is 17.6. The lowest BCUT2D eigenvalue weighted by Crippen LogP contribution is -2.27. The Balaban J connectivity index is 1.95. The fraction of sp³-hybridized carbons (Fsp3) is 0.240. The van der Waals surface area contributed by atoms with E-state index in [1.54, 1.807) is 0 Å². The van der Waals surface area contributed by atoms with E-state index >= 15 is 0 Å². The number of aryl methyl sites for hydroxylation is 2. The van der Waals surface area contributed by atoms with Crippen molar-refractivity contribution in [3.8, 4) is 6.07 Å². The van der Waals surface area contributed by atoms with Crippen molar-refractivity contribution in [1.29, 1.82) is 5.26 Å². The molecular weight excluding hydrogens is 392 g/mol. The first-order valence-electron chi connectivity index (χ1n) is 9.74. The Bertz CT molecular complexity index is 1100. The van der Waals surface area contributed by atoms with E-state index in [1.807, 2.05) is 69.3 Å². The minimum Gasteiger partial charge on any atom is -0.353 e. The molecule has 3 rings (SSSR count). The number of nitrogens with one attached hydrogen (secondary N) is 1. The first-order chi connectivity index (χ1) is 14.3. The summed E-state index contributed by atoms with van der Waals surface area (Å²) in [6.07, 6.45) is 0. The smallest absolute Gasteiger partial charge is 0.173 e. The van der Waals surface area contributed by atoms with Crippen molar-refractivity contribution < 1.29 is 9.59 Å². The van der Waals surface area contributed by atoms with Crippen LogP contribution in [0.3, 0.4) is 0 Å². The third-order valence-electron chi connectivity index (χ3n) is 5.12. The number of carbonyl (C=O) groups is 2. The molecule has 1 unspecified atom stereocenters. The molecule has 1 heterocycles. The van der Waals surface area contributed by atoms with Gasteiger partial charge in [-0.25, -0.2) is 0 Å². The van der Waals surface area contributed by atoms with Crippen LogP contribution in [-0.4, -0.2) is 17.3 Å². The molecule has 5 heteroatoms. The topological polar surface area (TPSA) is 70.0 Å². The molecule has 1 aliphatic heterocycles. The van der Waals surface area contributed by atoms with E-state index < -0.39 is 5.92 Å². The number of nitrogens with zero attached hydrogens (tertiary/aromatic N) is 1. The van der Waals surface area contributed by atoms with Gasteiger partial charge in [-0.15, -0.1) is 0 Å². The van der Waals surface area contributed by atoms with E-state index in [0.717, 1.165) is 22.4 Å². The number of dihydropyridines is 1. The summed E-state index contributed by atoms with van der Waals surface area (Å²) >= 11 is 1.31. The summed E-state index contributed by atoms with van der Waals surface area (Å²) < 4.78 is 0. The average Bonchev–Trinajstić information content (AvgIpc) is 2.71. The monoisotopic (exact) mass is 416 g/mol. The van der Waals surface area contributed by atoms with Gasteiger partial charge in [0.25, 0.3) is 0 Å². The van der Waals surface area contributed by atoms with Crippen LogP contribution in [0.15, 0.2) is 70.4 Å². The molecule has 0 amide bonds. The van der Waals surface area contributed by atoms with Crippen LogP contribution in [0.4, 0.5) is 0 Å². The Labute approximate surface area is 181 Å². The normalized spacial score (nSPS) is 16.2. The molecule has 0 bridgehead atoms. The molecule has 0 fully saturated rings. The van der Waals surface area contributed by atoms with Gasteiger partial charge < -0.3 is 5.32 Å². The van der Waals surface area contributed by atoms with Crippen LogP contribution in [0.25, 0.3) is 0 Å². The summed E-state index contributed by atoms with van der Waals surface area (Å²) in [5, 5.41) is 13.8. The van der Waals surface area contributed by atoms with Gasteiger partial charge in [0.15, 0.2) is 11.6 Å². The Hall–Kier alpha value is -3.10. The number of Topliss-reactive ketones (excluding diaryl/α,β-unsaturated/α-hetero) is 2. The van der Waals surface area contributed by atoms with Crippen LogP contribution in [0, 0.1) is 25.2 Å². The quantitative estimate of drug-likeness (QED) is 0.655. The SMILES string of the molecule is CC(=O)C1=C(C)NC(SCC(=O)c2ccc(C)cc2)=C(C#N)C1c1cccc(C)c1. The van der Waals surface area contributed by atoms with Crippen molar-refractivity contribution in [3.05, 3.63) is 92.7 Å². The maximum atomic E-state index is 12.6. The van der Waals surface area contributed by atoms with Gasteiger partial charge in [0.2, 0.25) is 0 Å². The zero-order valence-corrected chi connectivity index (χ0v) is 18.4. The lowest BCUT2D eigenvalue weighted by Gasteiger charge is -2.29. The summed E-state index contributed by atoms with van der Waals surface area (Å²) in [5.41, 5.74) is 5.49. The van der Waals surface area contributed by atoms with E-state index in [4.69, 9.17) is 0 Å². The second-order valence-corrected chi connectivity index (χ2v) is 8.49. The molecule has 152 valence electrons. The van der Waals surface area contributed by atoms with E-state index in [2.05, 4.69) is 11.4 Å². The maximum Gasteiger partial charge on any atom is 0.173 e. The van der Waals surface area contributed by atoms with Crippen LogP contribution >= 0.6 is 11.8 Å². The minimum atomic E-state index is -0.439. The van der Waals surface area contributed by atoms with E-state index in [1.165, 1.54) is 18.7 Å². The number of nitriles is 1. The van der Waals surface area contributed by atoms with Crippen molar-refractivity contribution in [3.63, 3.8) is 0 Å². The molecule has 1 N–H and O–H groups in total. The van der Waals surface area contributed by atoms with Crippen molar-refractivity contribution in [2.24, 2.45) is 0 Å². The highest BCUT2D eigenvalue weighted by Gasteiger charge is 2.33. The number of ketones is 2. The summed E-state index contributed by atoms with van der Waals surface area (Å²) in [4.78, 5) is 25.1. The molecule has 0 saturated carbocycles. The van der Waals surface area contributed by atoms with E-state index in [-0.39, 0.29) is 17.3 Å². The summed E-state index contributed by atoms with van der Waals surface area (Å²) in [6, 6.07) is 17.6. The highest BCUT2D eigenvalue weighted by molar-refractivity contribution is 8.03. The van der Waals surface area contributed by atoms with Gasteiger partial charge in [-0.3, -0.25) is 9.59 Å². The Morgan fingerprint density at radius 3 is 2.37 bits per heavy atom. The number of benzene rings is 2. The zero-order chi connectivity index (χ0) is 21.8. The van der Waals surface area contributed by atoms with E-state index in [0.29, 0.717) is 21.7 Å². The molecule has 2 aromatic rings. The third kappa shape index (κ3) is 4.55. The number of allylic oxidation sites excluding steroid dienone is 3. The Morgan fingerprint density at radius 1 is 1.07 bits per heavy atom. The second kappa shape index (κ2) is 9.15. The van der Waals surface area contributed by atoms with Crippen molar-refractivity contribution in [1.82, 2.24) is 5.32 Å². The van der Waals surface area contributed by atoms with Crippen LogP contribution in [0.5, 0.6) is 0 Å². The molecule has 0 spiro atoms. The van der Waals surface area contributed by atoms with Gasteiger partial charge in [0.05, 0.1) is 28.3 Å². The van der Waals surface area contributed by atoms with Crippen LogP contribution in [0.1, 0.15) is 46.8 Å². The molecule has 30 heavy (non-hydrogen) atoms. The Morgan fingerprint density at radius 2 is 1.77 bits per heavy atom. The fourth-order valence-electron chi connectivity index (χ4n) is 3.64. The van der Waals surface area contributed by atoms with Crippen molar-refractivity contribution in [2.45, 2.75) is 33.6 Å². The molecule has 2 aromatic carbocycles. The third-order valence-corrected chi connectivity index (χ3v) is 6.14. The highest BCUT2D eigenvalue weighted by Crippen LogP contribution is 2.41. The minimum absolute atomic E-state index is 0.00214. The molecule has 0 saturated heterocycles. The number of carbonyl (C=O) groups excluding carboxylic acids is 2. The Kier molecular flexibility index (Phi) is 6.59. The summed E-state index contributed by atoms with van der Waals surface area (Å²) in [7, 11) is 0. The maximum absolute atomic E-state index is 12.6. The first kappa shape index (κ1) is 21.6. The molecule has 1 atom stereocenters. The van der Waals surface area contributed by atoms with Gasteiger partial charge in [0, 0.05) is 16.8 Å². The molecule has 0 radical (unpaired) electrons. The first-order valence-corrected chi connectivity index (χ1v) is 10.7. The van der Waals surface area contributed by atoms with Gasteiger partial charge in [-0.1, -0.05) is 71.4 Å². The lowest BCUT2D eigenvalue weighted by atomic mass is 9.80. The molecule has 1 aliphatic rings. The highest BCUT2D eigenvalue weighted by atomic mass is 32.2. The van der Waals surface area contributed by atoms with Crippen LogP contribution < -0.4 is 5.32 Å². The van der Waals surface area contributed by atoms with Crippen molar-refractivity contribution >= 4 is 23.3 Å². The molecule has 0 aromatic heterocycles. The fourth-order valence-corrected chi connectivity index (χ4v) is 4.62. The van der Waals surface area contributed by atoms with Gasteiger partial charge >= 0.3 is 0 Å². The predicted octanol–water partition coefficient (Wildman–Crippen LogP) is 5.20. The average molecular weight is 417 g/mol. The largest absolute Gasteiger partial charge is 0.353 e. The van der Waals surface area contributed by atoms with Crippen LogP contribution in [0.2, 0.25) is 0 Å². The molecular formula is C25H24N2O2S. The van der Waals surface area contributed by atoms with Gasteiger partial charge in [-0.05, 0) is 33.3 Å². The summed E-state index contributed by atoms with van der Waals surface area (Å²) in [5.74, 6) is -0.304. The van der Waals surface area contributed by atoms with Gasteiger partial charge in [-0.2, -0.15) is 5.26 Å². The van der Waals surface area contributed by atoms with Gasteiger partial charge in [0.1, 0.15) is 0 Å². The number of hydrogen-bond donors (Lipinski definition) is 1. The molecule has 0 aliphatic carbocycles. The van der Waals surface area contributed by atoms with Crippen LogP contribution in [-0.2, 0) is 4.79 Å². The predicted molar refractivity (Wildman–Crippen MR) is 121 cm³/mol. The second-order valence-electron chi connectivity index (χ2n) is 7.50. The summed E-state index contributed by atoms with van der Waals surface area (Å²) in [6.45, 7) is 7.33. The number of hydrogen-bond acceptors (Lipinski definition) is 5. The van der Waals surface area contributed by atoms with E-state index in [9.17, 15) is 14.9 Å². The standard InChI is InChI=1S/C25H24N2O2S/c1-15-8-10-19(11-9-15)22(29)14-30-25-21(13-26)24(20-7-5-6-16(2)12-20)23(18(4)28)17(3)27-25/h5-12,24,27H,14H2,1-4H3.